The van der Waals surface area contributed by atoms with E-state index in [0.29, 0.717) is 41.0 Å². The molecular weight excluding hydrogens is 489 g/mol. The van der Waals surface area contributed by atoms with E-state index in [2.05, 4.69) is 11.1 Å². The summed E-state index contributed by atoms with van der Waals surface area (Å²) in [7, 11) is -5.82. The van der Waals surface area contributed by atoms with Crippen LogP contribution in [-0.4, -0.2) is 37.9 Å². The van der Waals surface area contributed by atoms with Crippen LogP contribution < -0.4 is 9.62 Å². The molecular formula is C22H25F3N4O3S2. The molecule has 0 unspecified atom stereocenters. The van der Waals surface area contributed by atoms with Crippen LogP contribution >= 0.6 is 11.3 Å². The van der Waals surface area contributed by atoms with Crippen LogP contribution in [0.5, 0.6) is 0 Å². The summed E-state index contributed by atoms with van der Waals surface area (Å²) in [4.78, 5) is 18.9. The molecule has 0 saturated heterocycles. The maximum absolute atomic E-state index is 12.7. The van der Waals surface area contributed by atoms with E-state index in [9.17, 15) is 26.4 Å². The van der Waals surface area contributed by atoms with Crippen molar-refractivity contribution in [3.05, 3.63) is 46.0 Å². The van der Waals surface area contributed by atoms with Gasteiger partial charge in [-0.05, 0) is 49.8 Å². The molecule has 1 aromatic heterocycles. The van der Waals surface area contributed by atoms with Crippen LogP contribution in [-0.2, 0) is 16.4 Å². The predicted molar refractivity (Wildman–Crippen MR) is 123 cm³/mol. The Morgan fingerprint density at radius 2 is 1.88 bits per heavy atom. The molecule has 1 N–H and O–H groups in total. The summed E-state index contributed by atoms with van der Waals surface area (Å²) in [6.07, 6.45) is 6.23. The van der Waals surface area contributed by atoms with Gasteiger partial charge in [-0.3, -0.25) is 4.79 Å². The number of nitriles is 1. The number of benzene rings is 1. The number of hydrogen-bond acceptors (Lipinski definition) is 7. The van der Waals surface area contributed by atoms with Crippen molar-refractivity contribution in [3.8, 4) is 6.07 Å². The molecule has 0 radical (unpaired) electrons. The van der Waals surface area contributed by atoms with Crippen molar-refractivity contribution in [1.29, 1.82) is 5.26 Å². The molecule has 1 aliphatic rings. The van der Waals surface area contributed by atoms with Crippen molar-refractivity contribution in [1.82, 2.24) is 9.71 Å². The molecule has 0 aliphatic heterocycles. The lowest BCUT2D eigenvalue weighted by Gasteiger charge is -2.29. The van der Waals surface area contributed by atoms with Crippen molar-refractivity contribution >= 4 is 32.4 Å². The summed E-state index contributed by atoms with van der Waals surface area (Å²) in [6, 6.07) is 9.27. The van der Waals surface area contributed by atoms with Crippen molar-refractivity contribution in [2.24, 2.45) is 5.92 Å². The monoisotopic (exact) mass is 514 g/mol. The third-order valence-corrected chi connectivity index (χ3v) is 7.85. The highest BCUT2D eigenvalue weighted by Crippen LogP contribution is 2.31. The summed E-state index contributed by atoms with van der Waals surface area (Å²) in [5.41, 5.74) is -4.36. The summed E-state index contributed by atoms with van der Waals surface area (Å²) in [5, 5.41) is 9.43. The number of thiazole rings is 1. The van der Waals surface area contributed by atoms with Gasteiger partial charge in [0.2, 0.25) is 0 Å². The number of sulfonamides is 1. The molecule has 1 amide bonds. The Bertz CT molecular complexity index is 1150. The molecule has 0 atom stereocenters. The number of aromatic nitrogens is 1. The second kappa shape index (κ2) is 10.7. The Balaban J connectivity index is 1.80. The summed E-state index contributed by atoms with van der Waals surface area (Å²) < 4.78 is 61.8. The first-order valence-corrected chi connectivity index (χ1v) is 13.1. The first-order valence-electron chi connectivity index (χ1n) is 10.8. The van der Waals surface area contributed by atoms with E-state index >= 15 is 0 Å². The Morgan fingerprint density at radius 3 is 2.47 bits per heavy atom. The van der Waals surface area contributed by atoms with Crippen LogP contribution in [0.25, 0.3) is 0 Å². The first-order chi connectivity index (χ1) is 16.0. The number of hydrogen-bond donors (Lipinski definition) is 1. The van der Waals surface area contributed by atoms with Gasteiger partial charge < -0.3 is 4.90 Å². The predicted octanol–water partition coefficient (Wildman–Crippen LogP) is 4.53. The highest BCUT2D eigenvalue weighted by atomic mass is 32.2. The quantitative estimate of drug-likeness (QED) is 0.555. The van der Waals surface area contributed by atoms with E-state index in [4.69, 9.17) is 5.26 Å². The van der Waals surface area contributed by atoms with Crippen LogP contribution in [0.3, 0.4) is 0 Å². The largest absolute Gasteiger partial charge is 0.516 e. The number of carbonyl (C=O) groups is 1. The molecule has 7 nitrogen and oxygen atoms in total. The van der Waals surface area contributed by atoms with E-state index in [1.54, 1.807) is 12.1 Å². The number of halogens is 3. The third-order valence-electron chi connectivity index (χ3n) is 5.76. The van der Waals surface area contributed by atoms with Crippen molar-refractivity contribution in [3.63, 3.8) is 0 Å². The van der Waals surface area contributed by atoms with Gasteiger partial charge in [0.15, 0.2) is 5.13 Å². The Hall–Kier alpha value is -2.65. The lowest BCUT2D eigenvalue weighted by atomic mass is 9.89. The molecule has 1 aliphatic carbocycles. The fourth-order valence-electron chi connectivity index (χ4n) is 3.91. The number of anilines is 1. The lowest BCUT2D eigenvalue weighted by Crippen LogP contribution is -2.40. The van der Waals surface area contributed by atoms with Gasteiger partial charge in [-0.1, -0.05) is 31.4 Å². The van der Waals surface area contributed by atoms with E-state index in [0.717, 1.165) is 47.3 Å². The first kappa shape index (κ1) is 26.0. The SMILES string of the molecule is Cc1sc(N(CCc2ccc(C#N)cc2)CC2CCCCC2)nc1C(=O)NS(=O)(=O)C(F)(F)F. The molecule has 0 bridgehead atoms. The third kappa shape index (κ3) is 6.48. The van der Waals surface area contributed by atoms with E-state index in [1.165, 1.54) is 13.3 Å². The molecule has 184 valence electrons. The molecule has 12 heteroatoms. The zero-order valence-electron chi connectivity index (χ0n) is 18.6. The van der Waals surface area contributed by atoms with Gasteiger partial charge in [-0.15, -0.1) is 11.3 Å². The Kier molecular flexibility index (Phi) is 8.20. The van der Waals surface area contributed by atoms with Crippen molar-refractivity contribution in [2.75, 3.05) is 18.0 Å². The van der Waals surface area contributed by atoms with Gasteiger partial charge in [0.05, 0.1) is 11.6 Å². The topological polar surface area (TPSA) is 103 Å². The van der Waals surface area contributed by atoms with E-state index in [-0.39, 0.29) is 5.69 Å². The maximum atomic E-state index is 12.7. The van der Waals surface area contributed by atoms with Crippen molar-refractivity contribution < 1.29 is 26.4 Å². The maximum Gasteiger partial charge on any atom is 0.516 e. The van der Waals surface area contributed by atoms with Gasteiger partial charge in [0, 0.05) is 18.0 Å². The van der Waals surface area contributed by atoms with Crippen LogP contribution in [0.2, 0.25) is 0 Å². The molecule has 0 spiro atoms. The highest BCUT2D eigenvalue weighted by molar-refractivity contribution is 7.90. The van der Waals surface area contributed by atoms with Crippen LogP contribution in [0.15, 0.2) is 24.3 Å². The van der Waals surface area contributed by atoms with Gasteiger partial charge in [0.1, 0.15) is 5.69 Å². The number of amides is 1. The van der Waals surface area contributed by atoms with Crippen LogP contribution in [0.1, 0.15) is 58.6 Å². The summed E-state index contributed by atoms with van der Waals surface area (Å²) >= 11 is 1.15. The van der Waals surface area contributed by atoms with Gasteiger partial charge in [-0.2, -0.15) is 26.9 Å². The molecule has 2 aromatic rings. The Morgan fingerprint density at radius 1 is 1.24 bits per heavy atom. The second-order valence-electron chi connectivity index (χ2n) is 8.29. The molecule has 1 aromatic carbocycles. The number of nitrogens with one attached hydrogen (secondary N) is 1. The normalized spacial score (nSPS) is 15.0. The Labute approximate surface area is 200 Å². The average molecular weight is 515 g/mol. The van der Waals surface area contributed by atoms with E-state index in [1.807, 2.05) is 17.0 Å². The molecule has 1 saturated carbocycles. The molecule has 1 fully saturated rings. The van der Waals surface area contributed by atoms with E-state index < -0.39 is 21.4 Å². The summed E-state index contributed by atoms with van der Waals surface area (Å²) in [5.74, 6) is -0.969. The standard InChI is InChI=1S/C22H25F3N4O3S2/c1-15-19(20(30)28-34(31,32)22(23,24)25)27-21(33-15)29(14-18-5-3-2-4-6-18)12-11-16-7-9-17(13-26)10-8-16/h7-10,18H,2-6,11-12,14H2,1H3,(H,28,30). The number of rotatable bonds is 8. The average Bonchev–Trinajstić information content (AvgIpc) is 3.18. The fraction of sp³-hybridized carbons (Fsp3) is 0.500. The van der Waals surface area contributed by atoms with Crippen LogP contribution in [0, 0.1) is 24.2 Å². The minimum atomic E-state index is -5.82. The fourth-order valence-corrected chi connectivity index (χ4v) is 5.31. The number of alkyl halides is 3. The highest BCUT2D eigenvalue weighted by Gasteiger charge is 2.47. The van der Waals surface area contributed by atoms with Gasteiger partial charge >= 0.3 is 15.5 Å². The zero-order chi connectivity index (χ0) is 24.9. The minimum Gasteiger partial charge on any atom is -0.347 e. The second-order valence-corrected chi connectivity index (χ2v) is 11.1. The van der Waals surface area contributed by atoms with Gasteiger partial charge in [0.25, 0.3) is 5.91 Å². The molecule has 34 heavy (non-hydrogen) atoms. The summed E-state index contributed by atoms with van der Waals surface area (Å²) in [6.45, 7) is 2.76. The van der Waals surface area contributed by atoms with Crippen molar-refractivity contribution in [2.45, 2.75) is 51.0 Å². The number of nitrogens with zero attached hydrogens (tertiary/aromatic N) is 3. The number of carbonyl (C=O) groups excluding carboxylic acids is 1. The zero-order valence-corrected chi connectivity index (χ0v) is 20.2. The van der Waals surface area contributed by atoms with Crippen LogP contribution in [0.4, 0.5) is 18.3 Å². The smallest absolute Gasteiger partial charge is 0.347 e. The molecule has 1 heterocycles. The minimum absolute atomic E-state index is 0.330. The molecule has 3 rings (SSSR count). The number of aryl methyl sites for hydroxylation is 1. The van der Waals surface area contributed by atoms with Gasteiger partial charge in [-0.25, -0.2) is 9.71 Å². The lowest BCUT2D eigenvalue weighted by molar-refractivity contribution is -0.0446.